The van der Waals surface area contributed by atoms with Gasteiger partial charge in [-0.2, -0.15) is 12.6 Å². The van der Waals surface area contributed by atoms with Crippen molar-refractivity contribution >= 4 is 18.5 Å². The van der Waals surface area contributed by atoms with E-state index in [1.165, 1.54) is 0 Å². The Hall–Kier alpha value is -0.220. The number of likely N-dealkylation sites (tertiary alicyclic amines) is 1. The van der Waals surface area contributed by atoms with Crippen LogP contribution < -0.4 is 0 Å². The number of hydrogen-bond donors (Lipinski definition) is 2. The lowest BCUT2D eigenvalue weighted by Gasteiger charge is -2.33. The van der Waals surface area contributed by atoms with E-state index in [-0.39, 0.29) is 12.0 Å². The summed E-state index contributed by atoms with van der Waals surface area (Å²) in [7, 11) is 0. The van der Waals surface area contributed by atoms with E-state index in [1.807, 2.05) is 4.90 Å². The number of carbonyl (C=O) groups excluding carboxylic acids is 1. The van der Waals surface area contributed by atoms with Crippen molar-refractivity contribution in [2.45, 2.75) is 44.2 Å². The van der Waals surface area contributed by atoms with Gasteiger partial charge in [0.25, 0.3) is 0 Å². The van der Waals surface area contributed by atoms with E-state index >= 15 is 0 Å². The molecule has 1 saturated carbocycles. The Balaban J connectivity index is 1.91. The van der Waals surface area contributed by atoms with Crippen molar-refractivity contribution in [3.05, 3.63) is 0 Å². The Morgan fingerprint density at radius 1 is 1.33 bits per heavy atom. The fourth-order valence-corrected chi connectivity index (χ4v) is 2.90. The lowest BCUT2D eigenvalue weighted by atomic mass is 9.92. The van der Waals surface area contributed by atoms with E-state index in [2.05, 4.69) is 12.6 Å². The lowest BCUT2D eigenvalue weighted by molar-refractivity contribution is -0.130. The second-order valence-corrected chi connectivity index (χ2v) is 5.13. The molecule has 0 spiro atoms. The molecule has 3 nitrogen and oxygen atoms in total. The number of amides is 1. The minimum atomic E-state index is -0.139. The van der Waals surface area contributed by atoms with Gasteiger partial charge in [0, 0.05) is 19.0 Å². The molecule has 1 N–H and O–H groups in total. The molecule has 2 fully saturated rings. The second kappa shape index (κ2) is 4.74. The van der Waals surface area contributed by atoms with Gasteiger partial charge in [0.1, 0.15) is 0 Å². The molecule has 2 aliphatic rings. The first kappa shape index (κ1) is 11.3. The van der Waals surface area contributed by atoms with Gasteiger partial charge >= 0.3 is 0 Å². The summed E-state index contributed by atoms with van der Waals surface area (Å²) < 4.78 is 0. The molecule has 1 unspecified atom stereocenters. The van der Waals surface area contributed by atoms with Crippen LogP contribution in [0.2, 0.25) is 0 Å². The van der Waals surface area contributed by atoms with Gasteiger partial charge in [-0.1, -0.05) is 0 Å². The largest absolute Gasteiger partial charge is 0.393 e. The van der Waals surface area contributed by atoms with E-state index < -0.39 is 0 Å². The minimum Gasteiger partial charge on any atom is -0.393 e. The van der Waals surface area contributed by atoms with E-state index in [4.69, 9.17) is 0 Å². The maximum absolute atomic E-state index is 11.8. The first-order chi connectivity index (χ1) is 7.20. The van der Waals surface area contributed by atoms with E-state index in [1.54, 1.807) is 0 Å². The molecule has 1 aliphatic carbocycles. The highest BCUT2D eigenvalue weighted by Gasteiger charge is 2.35. The van der Waals surface area contributed by atoms with Gasteiger partial charge in [-0.3, -0.25) is 4.79 Å². The topological polar surface area (TPSA) is 40.5 Å². The minimum absolute atomic E-state index is 0.139. The third kappa shape index (κ3) is 2.48. The van der Waals surface area contributed by atoms with Gasteiger partial charge in [-0.05, 0) is 37.4 Å². The maximum Gasteiger partial charge on any atom is 0.223 e. The molecule has 0 aromatic rings. The lowest BCUT2D eigenvalue weighted by Crippen LogP contribution is -2.40. The van der Waals surface area contributed by atoms with Crippen LogP contribution >= 0.6 is 12.6 Å². The SMILES string of the molecule is O=C1CC(CS)CN1C1CCC(O)CC1. The van der Waals surface area contributed by atoms with Crippen LogP contribution in [0, 0.1) is 5.92 Å². The highest BCUT2D eigenvalue weighted by atomic mass is 32.1. The number of aliphatic hydroxyl groups excluding tert-OH is 1. The standard InChI is InChI=1S/C11H19NO2S/c13-10-3-1-9(2-4-10)12-6-8(7-15)5-11(12)14/h8-10,13,15H,1-7H2. The molecule has 0 aromatic carbocycles. The molecular formula is C11H19NO2S. The van der Waals surface area contributed by atoms with Gasteiger partial charge in [-0.25, -0.2) is 0 Å². The van der Waals surface area contributed by atoms with Crippen LogP contribution in [0.3, 0.4) is 0 Å². The summed E-state index contributed by atoms with van der Waals surface area (Å²) in [6.07, 6.45) is 4.15. The van der Waals surface area contributed by atoms with E-state index in [0.717, 1.165) is 38.0 Å². The molecule has 1 heterocycles. The van der Waals surface area contributed by atoms with E-state index in [9.17, 15) is 9.90 Å². The zero-order valence-corrected chi connectivity index (χ0v) is 9.83. The molecule has 15 heavy (non-hydrogen) atoms. The normalized spacial score (nSPS) is 37.3. The second-order valence-electron chi connectivity index (χ2n) is 4.76. The van der Waals surface area contributed by atoms with Crippen LogP contribution in [0.5, 0.6) is 0 Å². The highest BCUT2D eigenvalue weighted by molar-refractivity contribution is 7.80. The number of nitrogens with zero attached hydrogens (tertiary/aromatic N) is 1. The van der Waals surface area contributed by atoms with Gasteiger partial charge < -0.3 is 10.0 Å². The van der Waals surface area contributed by atoms with Crippen molar-refractivity contribution in [3.8, 4) is 0 Å². The molecule has 1 amide bonds. The van der Waals surface area contributed by atoms with Crippen molar-refractivity contribution in [2.24, 2.45) is 5.92 Å². The highest BCUT2D eigenvalue weighted by Crippen LogP contribution is 2.29. The fourth-order valence-electron chi connectivity index (χ4n) is 2.65. The Labute approximate surface area is 96.2 Å². The quantitative estimate of drug-likeness (QED) is 0.695. The fraction of sp³-hybridized carbons (Fsp3) is 0.909. The predicted octanol–water partition coefficient (Wildman–Crippen LogP) is 1.07. The van der Waals surface area contributed by atoms with Crippen molar-refractivity contribution < 1.29 is 9.90 Å². The molecule has 4 heteroatoms. The van der Waals surface area contributed by atoms with Gasteiger partial charge in [0.05, 0.1) is 6.10 Å². The van der Waals surface area contributed by atoms with Gasteiger partial charge in [-0.15, -0.1) is 0 Å². The average molecular weight is 229 g/mol. The number of hydrogen-bond acceptors (Lipinski definition) is 3. The number of rotatable bonds is 2. The molecule has 86 valence electrons. The Kier molecular flexibility index (Phi) is 3.57. The zero-order chi connectivity index (χ0) is 10.8. The summed E-state index contributed by atoms with van der Waals surface area (Å²) in [6, 6.07) is 0.380. The van der Waals surface area contributed by atoms with Crippen LogP contribution in [-0.2, 0) is 4.79 Å². The molecule has 0 aromatic heterocycles. The molecule has 2 rings (SSSR count). The van der Waals surface area contributed by atoms with Crippen LogP contribution in [0.15, 0.2) is 0 Å². The Bertz CT molecular complexity index is 239. The molecule has 0 radical (unpaired) electrons. The zero-order valence-electron chi connectivity index (χ0n) is 8.93. The summed E-state index contributed by atoms with van der Waals surface area (Å²) in [4.78, 5) is 13.8. The van der Waals surface area contributed by atoms with Crippen molar-refractivity contribution in [2.75, 3.05) is 12.3 Å². The van der Waals surface area contributed by atoms with Crippen LogP contribution in [0.4, 0.5) is 0 Å². The summed E-state index contributed by atoms with van der Waals surface area (Å²) in [6.45, 7) is 0.878. The van der Waals surface area contributed by atoms with E-state index in [0.29, 0.717) is 18.4 Å². The van der Waals surface area contributed by atoms with Crippen molar-refractivity contribution in [1.29, 1.82) is 0 Å². The number of carbonyl (C=O) groups is 1. The maximum atomic E-state index is 11.8. The smallest absolute Gasteiger partial charge is 0.223 e. The van der Waals surface area contributed by atoms with Crippen LogP contribution in [0.25, 0.3) is 0 Å². The number of aliphatic hydroxyl groups is 1. The Morgan fingerprint density at radius 3 is 2.53 bits per heavy atom. The predicted molar refractivity (Wildman–Crippen MR) is 61.9 cm³/mol. The molecular weight excluding hydrogens is 210 g/mol. The third-order valence-electron chi connectivity index (χ3n) is 3.60. The molecule has 1 saturated heterocycles. The van der Waals surface area contributed by atoms with Crippen molar-refractivity contribution in [1.82, 2.24) is 4.90 Å². The molecule has 1 atom stereocenters. The third-order valence-corrected chi connectivity index (χ3v) is 4.12. The summed E-state index contributed by atoms with van der Waals surface area (Å²) in [5.74, 6) is 1.53. The number of thiol groups is 1. The van der Waals surface area contributed by atoms with Crippen LogP contribution in [0.1, 0.15) is 32.1 Å². The van der Waals surface area contributed by atoms with Gasteiger partial charge in [0.15, 0.2) is 0 Å². The monoisotopic (exact) mass is 229 g/mol. The van der Waals surface area contributed by atoms with Crippen molar-refractivity contribution in [3.63, 3.8) is 0 Å². The molecule has 1 aliphatic heterocycles. The molecule has 0 bridgehead atoms. The summed E-state index contributed by atoms with van der Waals surface area (Å²) in [5.41, 5.74) is 0. The van der Waals surface area contributed by atoms with Crippen LogP contribution in [-0.4, -0.2) is 40.4 Å². The van der Waals surface area contributed by atoms with Gasteiger partial charge in [0.2, 0.25) is 5.91 Å². The first-order valence-corrected chi connectivity index (χ1v) is 6.42. The first-order valence-electron chi connectivity index (χ1n) is 5.79. The summed E-state index contributed by atoms with van der Waals surface area (Å²) in [5, 5.41) is 9.42. The summed E-state index contributed by atoms with van der Waals surface area (Å²) >= 11 is 4.26. The average Bonchev–Trinajstić information content (AvgIpc) is 2.61. The Morgan fingerprint density at radius 2 is 2.00 bits per heavy atom.